The normalized spacial score (nSPS) is 31.9. The average Bonchev–Trinajstić information content (AvgIpc) is 2.83. The summed E-state index contributed by atoms with van der Waals surface area (Å²) in [5.74, 6) is 0.104. The van der Waals surface area contributed by atoms with Crippen molar-refractivity contribution in [3.05, 3.63) is 35.9 Å². The van der Waals surface area contributed by atoms with E-state index in [2.05, 4.69) is 35.2 Å². The number of ether oxygens (including phenoxy) is 2. The molecule has 1 aromatic rings. The van der Waals surface area contributed by atoms with E-state index >= 15 is 0 Å². The van der Waals surface area contributed by atoms with Crippen LogP contribution in [-0.4, -0.2) is 42.4 Å². The molecule has 0 aliphatic carbocycles. The first-order valence-electron chi connectivity index (χ1n) is 6.94. The lowest BCUT2D eigenvalue weighted by Gasteiger charge is -2.39. The van der Waals surface area contributed by atoms with E-state index in [-0.39, 0.29) is 6.10 Å². The molecule has 0 amide bonds. The van der Waals surface area contributed by atoms with Gasteiger partial charge in [0.1, 0.15) is 0 Å². The standard InChI is InChI=1S/C15H20ClNO2/c16-9-14-11-18-15(19-14)7-4-8-17(12-15)10-13-5-2-1-3-6-13/h1-3,5-6,14H,4,7-12H2. The Bertz CT molecular complexity index is 414. The summed E-state index contributed by atoms with van der Waals surface area (Å²) in [6.45, 7) is 3.54. The van der Waals surface area contributed by atoms with Gasteiger partial charge in [-0.15, -0.1) is 11.6 Å². The zero-order valence-corrected chi connectivity index (χ0v) is 11.8. The van der Waals surface area contributed by atoms with Crippen LogP contribution in [0.3, 0.4) is 0 Å². The lowest BCUT2D eigenvalue weighted by atomic mass is 10.0. The molecule has 0 bridgehead atoms. The SMILES string of the molecule is ClCC1COC2(CCCN(Cc3ccccc3)C2)O1. The molecule has 3 nitrogen and oxygen atoms in total. The second-order valence-corrected chi connectivity index (χ2v) is 5.72. The van der Waals surface area contributed by atoms with Crippen molar-refractivity contribution < 1.29 is 9.47 Å². The van der Waals surface area contributed by atoms with E-state index < -0.39 is 5.79 Å². The first-order valence-corrected chi connectivity index (χ1v) is 7.47. The number of nitrogens with zero attached hydrogens (tertiary/aromatic N) is 1. The monoisotopic (exact) mass is 281 g/mol. The first-order chi connectivity index (χ1) is 9.30. The topological polar surface area (TPSA) is 21.7 Å². The Morgan fingerprint density at radius 2 is 2.16 bits per heavy atom. The van der Waals surface area contributed by atoms with Crippen LogP contribution < -0.4 is 0 Å². The van der Waals surface area contributed by atoms with Crippen LogP contribution in [0, 0.1) is 0 Å². The van der Waals surface area contributed by atoms with Crippen LogP contribution in [0.4, 0.5) is 0 Å². The zero-order valence-electron chi connectivity index (χ0n) is 11.1. The Morgan fingerprint density at radius 3 is 2.89 bits per heavy atom. The number of likely N-dealkylation sites (tertiary alicyclic amines) is 1. The number of alkyl halides is 1. The van der Waals surface area contributed by atoms with Gasteiger partial charge in [-0.1, -0.05) is 30.3 Å². The number of piperidine rings is 1. The lowest BCUT2D eigenvalue weighted by Crippen LogP contribution is -2.48. The molecule has 0 radical (unpaired) electrons. The Morgan fingerprint density at radius 1 is 1.32 bits per heavy atom. The van der Waals surface area contributed by atoms with Crippen LogP contribution in [0.25, 0.3) is 0 Å². The van der Waals surface area contributed by atoms with Crippen molar-refractivity contribution >= 4 is 11.6 Å². The maximum atomic E-state index is 6.01. The second-order valence-electron chi connectivity index (χ2n) is 5.42. The molecule has 3 rings (SSSR count). The van der Waals surface area contributed by atoms with Gasteiger partial charge in [-0.3, -0.25) is 4.90 Å². The minimum atomic E-state index is -0.410. The largest absolute Gasteiger partial charge is 0.346 e. The molecule has 19 heavy (non-hydrogen) atoms. The Balaban J connectivity index is 1.62. The fraction of sp³-hybridized carbons (Fsp3) is 0.600. The predicted molar refractivity (Wildman–Crippen MR) is 75.2 cm³/mol. The minimum absolute atomic E-state index is 0.0540. The van der Waals surface area contributed by atoms with E-state index in [1.165, 1.54) is 5.56 Å². The lowest BCUT2D eigenvalue weighted by molar-refractivity contribution is -0.197. The zero-order chi connectivity index (χ0) is 13.1. The smallest absolute Gasteiger partial charge is 0.181 e. The number of hydrogen-bond acceptors (Lipinski definition) is 3. The third-order valence-corrected chi connectivity index (χ3v) is 4.18. The molecular formula is C15H20ClNO2. The van der Waals surface area contributed by atoms with Crippen LogP contribution in [0.2, 0.25) is 0 Å². The highest BCUT2D eigenvalue weighted by molar-refractivity contribution is 6.18. The van der Waals surface area contributed by atoms with Crippen LogP contribution >= 0.6 is 11.6 Å². The molecule has 0 saturated carbocycles. The van der Waals surface area contributed by atoms with Gasteiger partial charge in [0, 0.05) is 13.0 Å². The van der Waals surface area contributed by atoms with Crippen molar-refractivity contribution in [3.8, 4) is 0 Å². The average molecular weight is 282 g/mol. The highest BCUT2D eigenvalue weighted by Gasteiger charge is 2.44. The molecule has 2 aliphatic rings. The van der Waals surface area contributed by atoms with Gasteiger partial charge in [0.05, 0.1) is 25.1 Å². The molecule has 4 heteroatoms. The summed E-state index contributed by atoms with van der Waals surface area (Å²) in [6.07, 6.45) is 2.14. The highest BCUT2D eigenvalue weighted by atomic mass is 35.5. The van der Waals surface area contributed by atoms with Crippen molar-refractivity contribution in [2.24, 2.45) is 0 Å². The highest BCUT2D eigenvalue weighted by Crippen LogP contribution is 2.33. The Kier molecular flexibility index (Phi) is 4.08. The van der Waals surface area contributed by atoms with Crippen LogP contribution in [0.1, 0.15) is 18.4 Å². The third kappa shape index (κ3) is 3.11. The number of hydrogen-bond donors (Lipinski definition) is 0. The maximum absolute atomic E-state index is 6.01. The summed E-state index contributed by atoms with van der Waals surface area (Å²) in [4.78, 5) is 2.41. The third-order valence-electron chi connectivity index (χ3n) is 3.83. The van der Waals surface area contributed by atoms with E-state index in [0.717, 1.165) is 32.5 Å². The fourth-order valence-corrected chi connectivity index (χ4v) is 3.11. The van der Waals surface area contributed by atoms with Crippen molar-refractivity contribution in [1.82, 2.24) is 4.90 Å². The second kappa shape index (κ2) is 5.80. The number of rotatable bonds is 3. The van der Waals surface area contributed by atoms with Gasteiger partial charge in [0.2, 0.25) is 0 Å². The minimum Gasteiger partial charge on any atom is -0.346 e. The van der Waals surface area contributed by atoms with Crippen LogP contribution in [-0.2, 0) is 16.0 Å². The molecule has 1 spiro atoms. The van der Waals surface area contributed by atoms with Gasteiger partial charge >= 0.3 is 0 Å². The predicted octanol–water partition coefficient (Wildman–Crippen LogP) is 2.63. The van der Waals surface area contributed by atoms with Gasteiger partial charge in [0.15, 0.2) is 5.79 Å². The Hall–Kier alpha value is -0.610. The summed E-state index contributed by atoms with van der Waals surface area (Å²) in [7, 11) is 0. The number of benzene rings is 1. The molecule has 2 fully saturated rings. The van der Waals surface area contributed by atoms with Crippen molar-refractivity contribution in [2.75, 3.05) is 25.6 Å². The van der Waals surface area contributed by atoms with Gasteiger partial charge in [-0.25, -0.2) is 0 Å². The molecule has 0 aromatic heterocycles. The van der Waals surface area contributed by atoms with E-state index in [9.17, 15) is 0 Å². The van der Waals surface area contributed by atoms with Gasteiger partial charge in [-0.05, 0) is 18.5 Å². The maximum Gasteiger partial charge on any atom is 0.181 e. The van der Waals surface area contributed by atoms with Crippen molar-refractivity contribution in [1.29, 1.82) is 0 Å². The first kappa shape index (κ1) is 13.4. The van der Waals surface area contributed by atoms with E-state index in [0.29, 0.717) is 12.5 Å². The summed E-state index contributed by atoms with van der Waals surface area (Å²) >= 11 is 5.86. The molecule has 2 unspecified atom stereocenters. The molecule has 2 aliphatic heterocycles. The summed E-state index contributed by atoms with van der Waals surface area (Å²) < 4.78 is 11.9. The van der Waals surface area contributed by atoms with E-state index in [1.807, 2.05) is 0 Å². The van der Waals surface area contributed by atoms with E-state index in [1.54, 1.807) is 0 Å². The van der Waals surface area contributed by atoms with Crippen LogP contribution in [0.15, 0.2) is 30.3 Å². The molecule has 0 N–H and O–H groups in total. The van der Waals surface area contributed by atoms with Gasteiger partial charge in [0.25, 0.3) is 0 Å². The summed E-state index contributed by atoms with van der Waals surface area (Å²) in [5, 5.41) is 0. The summed E-state index contributed by atoms with van der Waals surface area (Å²) in [5.41, 5.74) is 1.34. The van der Waals surface area contributed by atoms with Crippen molar-refractivity contribution in [3.63, 3.8) is 0 Å². The van der Waals surface area contributed by atoms with Crippen molar-refractivity contribution in [2.45, 2.75) is 31.3 Å². The van der Waals surface area contributed by atoms with Gasteiger partial charge < -0.3 is 9.47 Å². The molecule has 104 valence electrons. The molecule has 2 saturated heterocycles. The fourth-order valence-electron chi connectivity index (χ4n) is 2.95. The number of halogens is 1. The summed E-state index contributed by atoms with van der Waals surface area (Å²) in [6, 6.07) is 10.6. The van der Waals surface area contributed by atoms with Gasteiger partial charge in [-0.2, -0.15) is 0 Å². The quantitative estimate of drug-likeness (QED) is 0.795. The molecule has 2 atom stereocenters. The van der Waals surface area contributed by atoms with Crippen LogP contribution in [0.5, 0.6) is 0 Å². The molecular weight excluding hydrogens is 262 g/mol. The Labute approximate surface area is 119 Å². The van der Waals surface area contributed by atoms with E-state index in [4.69, 9.17) is 21.1 Å². The molecule has 2 heterocycles. The molecule has 1 aromatic carbocycles.